The van der Waals surface area contributed by atoms with Crippen LogP contribution in [0.4, 0.5) is 0 Å². The molecule has 1 aromatic rings. The van der Waals surface area contributed by atoms with Gasteiger partial charge < -0.3 is 4.74 Å². The fourth-order valence-corrected chi connectivity index (χ4v) is 3.70. The minimum Gasteiger partial charge on any atom is -0.377 e. The summed E-state index contributed by atoms with van der Waals surface area (Å²) in [5, 5.41) is 0. The first-order valence-electron chi connectivity index (χ1n) is 6.94. The number of rotatable bonds is 7. The van der Waals surface area contributed by atoms with Gasteiger partial charge in [-0.15, -0.1) is 11.6 Å². The zero-order valence-corrected chi connectivity index (χ0v) is 14.9. The molecule has 0 saturated carbocycles. The highest BCUT2D eigenvalue weighted by molar-refractivity contribution is 7.89. The second-order valence-electron chi connectivity index (χ2n) is 5.42. The number of halogens is 1. The van der Waals surface area contributed by atoms with Gasteiger partial charge in [-0.1, -0.05) is 6.07 Å². The molecule has 0 unspecified atom stereocenters. The van der Waals surface area contributed by atoms with Gasteiger partial charge in [-0.2, -0.15) is 4.31 Å². The quantitative estimate of drug-likeness (QED) is 0.720. The molecule has 0 heterocycles. The number of likely N-dealkylation sites (N-methyl/N-ethyl adjacent to an activating group) is 1. The predicted octanol–water partition coefficient (Wildman–Crippen LogP) is 3.09. The fourth-order valence-electron chi connectivity index (χ4n) is 2.00. The highest BCUT2D eigenvalue weighted by Crippen LogP contribution is 2.24. The lowest BCUT2D eigenvalue weighted by molar-refractivity contribution is 0.0737. The first kappa shape index (κ1) is 18.4. The van der Waals surface area contributed by atoms with Gasteiger partial charge in [-0.05, 0) is 50.5 Å². The van der Waals surface area contributed by atoms with Crippen molar-refractivity contribution in [2.75, 3.05) is 20.2 Å². The second kappa shape index (κ2) is 7.58. The molecule has 0 fully saturated rings. The summed E-state index contributed by atoms with van der Waals surface area (Å²) in [5.41, 5.74) is 2.58. The SMILES string of the molecule is Cc1cc(C)c(S(=O)(=O)N(C)CCOC(C)C)cc1CCl. The molecule has 0 aromatic heterocycles. The summed E-state index contributed by atoms with van der Waals surface area (Å²) in [6, 6.07) is 3.54. The number of sulfonamides is 1. The largest absolute Gasteiger partial charge is 0.377 e. The molecule has 0 atom stereocenters. The molecule has 0 aliphatic rings. The van der Waals surface area contributed by atoms with Crippen molar-refractivity contribution in [3.8, 4) is 0 Å². The van der Waals surface area contributed by atoms with E-state index >= 15 is 0 Å². The van der Waals surface area contributed by atoms with E-state index in [4.69, 9.17) is 16.3 Å². The maximum absolute atomic E-state index is 12.6. The van der Waals surface area contributed by atoms with Gasteiger partial charge in [0.05, 0.1) is 17.6 Å². The van der Waals surface area contributed by atoms with Crippen molar-refractivity contribution in [3.05, 3.63) is 28.8 Å². The molecule has 0 N–H and O–H groups in total. The van der Waals surface area contributed by atoms with E-state index in [0.717, 1.165) is 16.7 Å². The number of ether oxygens (including phenoxy) is 1. The van der Waals surface area contributed by atoms with Crippen LogP contribution in [0.3, 0.4) is 0 Å². The molecule has 0 spiro atoms. The highest BCUT2D eigenvalue weighted by Gasteiger charge is 2.23. The third-order valence-electron chi connectivity index (χ3n) is 3.32. The molecule has 4 nitrogen and oxygen atoms in total. The van der Waals surface area contributed by atoms with E-state index in [2.05, 4.69) is 0 Å². The Hall–Kier alpha value is -0.620. The summed E-state index contributed by atoms with van der Waals surface area (Å²) >= 11 is 5.88. The molecular weight excluding hydrogens is 310 g/mol. The van der Waals surface area contributed by atoms with E-state index in [1.165, 1.54) is 4.31 Å². The van der Waals surface area contributed by atoms with Crippen molar-refractivity contribution in [2.45, 2.75) is 44.6 Å². The molecule has 21 heavy (non-hydrogen) atoms. The van der Waals surface area contributed by atoms with E-state index < -0.39 is 10.0 Å². The first-order chi connectivity index (χ1) is 9.70. The monoisotopic (exact) mass is 333 g/mol. The average Bonchev–Trinajstić information content (AvgIpc) is 2.37. The number of hydrogen-bond acceptors (Lipinski definition) is 3. The molecule has 120 valence electrons. The van der Waals surface area contributed by atoms with Crippen molar-refractivity contribution < 1.29 is 13.2 Å². The third kappa shape index (κ3) is 4.68. The first-order valence-corrected chi connectivity index (χ1v) is 8.91. The standard InChI is InChI=1S/C15H24ClNO3S/c1-11(2)20-7-6-17(5)21(18,19)15-9-14(10-16)12(3)8-13(15)4/h8-9,11H,6-7,10H2,1-5H3. The van der Waals surface area contributed by atoms with E-state index in [1.807, 2.05) is 26.8 Å². The molecule has 6 heteroatoms. The Morgan fingerprint density at radius 3 is 2.38 bits per heavy atom. The molecule has 0 amide bonds. The molecular formula is C15H24ClNO3S. The van der Waals surface area contributed by atoms with E-state index in [1.54, 1.807) is 20.0 Å². The molecule has 0 radical (unpaired) electrons. The molecule has 0 aliphatic heterocycles. The van der Waals surface area contributed by atoms with Gasteiger partial charge in [-0.25, -0.2) is 8.42 Å². The second-order valence-corrected chi connectivity index (χ2v) is 7.70. The van der Waals surface area contributed by atoms with Crippen molar-refractivity contribution in [1.82, 2.24) is 4.31 Å². The average molecular weight is 334 g/mol. The highest BCUT2D eigenvalue weighted by atomic mass is 35.5. The Bertz CT molecular complexity index is 585. The Kier molecular flexibility index (Phi) is 6.66. The van der Waals surface area contributed by atoms with Crippen LogP contribution in [0.25, 0.3) is 0 Å². The number of benzene rings is 1. The molecule has 0 saturated heterocycles. The minimum absolute atomic E-state index is 0.0880. The van der Waals surface area contributed by atoms with Gasteiger partial charge in [0.2, 0.25) is 10.0 Å². The lowest BCUT2D eigenvalue weighted by atomic mass is 10.1. The normalized spacial score (nSPS) is 12.4. The number of alkyl halides is 1. The van der Waals surface area contributed by atoms with E-state index in [0.29, 0.717) is 23.9 Å². The summed E-state index contributed by atoms with van der Waals surface area (Å²) in [4.78, 5) is 0.316. The lowest BCUT2D eigenvalue weighted by Crippen LogP contribution is -2.31. The van der Waals surface area contributed by atoms with Crippen molar-refractivity contribution in [2.24, 2.45) is 0 Å². The van der Waals surface area contributed by atoms with Crippen LogP contribution in [0, 0.1) is 13.8 Å². The van der Waals surface area contributed by atoms with Crippen molar-refractivity contribution in [3.63, 3.8) is 0 Å². The summed E-state index contributed by atoms with van der Waals surface area (Å²) in [7, 11) is -1.95. The molecule has 0 bridgehead atoms. The number of hydrogen-bond donors (Lipinski definition) is 0. The van der Waals surface area contributed by atoms with Gasteiger partial charge in [-0.3, -0.25) is 0 Å². The van der Waals surface area contributed by atoms with Gasteiger partial charge in [0, 0.05) is 19.5 Å². The maximum atomic E-state index is 12.6. The van der Waals surface area contributed by atoms with Crippen LogP contribution >= 0.6 is 11.6 Å². The van der Waals surface area contributed by atoms with Crippen LogP contribution in [0.1, 0.15) is 30.5 Å². The predicted molar refractivity (Wildman–Crippen MR) is 86.4 cm³/mol. The van der Waals surface area contributed by atoms with Gasteiger partial charge in [0.25, 0.3) is 0 Å². The third-order valence-corrected chi connectivity index (χ3v) is 5.61. The lowest BCUT2D eigenvalue weighted by Gasteiger charge is -2.20. The molecule has 1 aromatic carbocycles. The van der Waals surface area contributed by atoms with E-state index in [-0.39, 0.29) is 6.10 Å². The van der Waals surface area contributed by atoms with E-state index in [9.17, 15) is 8.42 Å². The summed E-state index contributed by atoms with van der Waals surface area (Å²) in [6.45, 7) is 8.28. The summed E-state index contributed by atoms with van der Waals surface area (Å²) in [5.74, 6) is 0.300. The van der Waals surface area contributed by atoms with Gasteiger partial charge in [0.15, 0.2) is 0 Å². The van der Waals surface area contributed by atoms with Crippen LogP contribution in [-0.2, 0) is 20.6 Å². The molecule has 1 rings (SSSR count). The topological polar surface area (TPSA) is 46.6 Å². The maximum Gasteiger partial charge on any atom is 0.243 e. The van der Waals surface area contributed by atoms with Gasteiger partial charge >= 0.3 is 0 Å². The van der Waals surface area contributed by atoms with Crippen LogP contribution < -0.4 is 0 Å². The Morgan fingerprint density at radius 2 is 1.86 bits per heavy atom. The van der Waals surface area contributed by atoms with Crippen LogP contribution in [-0.4, -0.2) is 39.0 Å². The van der Waals surface area contributed by atoms with Crippen LogP contribution in [0.2, 0.25) is 0 Å². The smallest absolute Gasteiger partial charge is 0.243 e. The Morgan fingerprint density at radius 1 is 1.24 bits per heavy atom. The summed E-state index contributed by atoms with van der Waals surface area (Å²) < 4.78 is 32.0. The van der Waals surface area contributed by atoms with Gasteiger partial charge in [0.1, 0.15) is 0 Å². The van der Waals surface area contributed by atoms with Crippen LogP contribution in [0.15, 0.2) is 17.0 Å². The zero-order valence-electron chi connectivity index (χ0n) is 13.3. The number of aryl methyl sites for hydroxylation is 2. The summed E-state index contributed by atoms with van der Waals surface area (Å²) in [6.07, 6.45) is 0.0880. The fraction of sp³-hybridized carbons (Fsp3) is 0.600. The van der Waals surface area contributed by atoms with Crippen molar-refractivity contribution >= 4 is 21.6 Å². The Labute approximate surface area is 133 Å². The minimum atomic E-state index is -3.52. The van der Waals surface area contributed by atoms with Crippen molar-refractivity contribution in [1.29, 1.82) is 0 Å². The Balaban J connectivity index is 3.02. The molecule has 0 aliphatic carbocycles. The van der Waals surface area contributed by atoms with Crippen LogP contribution in [0.5, 0.6) is 0 Å². The zero-order chi connectivity index (χ0) is 16.2. The number of nitrogens with zero attached hydrogens (tertiary/aromatic N) is 1.